The molecule has 1 unspecified atom stereocenters. The van der Waals surface area contributed by atoms with Crippen LogP contribution in [0.15, 0.2) is 12.1 Å². The Kier molecular flexibility index (Phi) is 6.63. The van der Waals surface area contributed by atoms with Crippen LogP contribution in [0.3, 0.4) is 0 Å². The van der Waals surface area contributed by atoms with Crippen LogP contribution >= 0.6 is 0 Å². The Morgan fingerprint density at radius 2 is 1.88 bits per heavy atom. The minimum atomic E-state index is -1.19. The molecule has 0 radical (unpaired) electrons. The molecule has 2 N–H and O–H groups in total. The summed E-state index contributed by atoms with van der Waals surface area (Å²) >= 11 is 0. The van der Waals surface area contributed by atoms with Crippen LogP contribution in [-0.4, -0.2) is 40.2 Å². The van der Waals surface area contributed by atoms with Crippen molar-refractivity contribution in [3.05, 3.63) is 38.9 Å². The first-order valence-corrected chi connectivity index (χ1v) is 7.85. The van der Waals surface area contributed by atoms with E-state index < -0.39 is 28.4 Å². The van der Waals surface area contributed by atoms with Gasteiger partial charge < -0.3 is 15.2 Å². The van der Waals surface area contributed by atoms with E-state index >= 15 is 0 Å². The zero-order chi connectivity index (χ0) is 19.4. The predicted octanol–water partition coefficient (Wildman–Crippen LogP) is 2.60. The first-order valence-electron chi connectivity index (χ1n) is 7.85. The molecule has 8 nitrogen and oxygen atoms in total. The number of nitrogens with one attached hydrogen (secondary N) is 1. The van der Waals surface area contributed by atoms with E-state index in [1.54, 1.807) is 13.8 Å². The second-order valence-corrected chi connectivity index (χ2v) is 6.82. The van der Waals surface area contributed by atoms with Crippen LogP contribution in [0.2, 0.25) is 0 Å². The van der Waals surface area contributed by atoms with Crippen LogP contribution in [0.1, 0.15) is 48.7 Å². The van der Waals surface area contributed by atoms with E-state index in [9.17, 15) is 24.8 Å². The van der Waals surface area contributed by atoms with Crippen LogP contribution < -0.4 is 5.32 Å². The van der Waals surface area contributed by atoms with Crippen LogP contribution in [0.5, 0.6) is 0 Å². The monoisotopic (exact) mass is 352 g/mol. The Hall–Kier alpha value is -2.48. The molecule has 0 aromatic heterocycles. The summed E-state index contributed by atoms with van der Waals surface area (Å²) in [6.45, 7) is 8.91. The Labute approximate surface area is 146 Å². The zero-order valence-corrected chi connectivity index (χ0v) is 15.1. The molecule has 1 aromatic carbocycles. The third-order valence-corrected chi connectivity index (χ3v) is 3.53. The largest absolute Gasteiger partial charge is 0.480 e. The Morgan fingerprint density at radius 3 is 2.36 bits per heavy atom. The number of hydrogen-bond donors (Lipinski definition) is 2. The molecule has 8 heteroatoms. The molecule has 0 saturated heterocycles. The Bertz CT molecular complexity index is 678. The van der Waals surface area contributed by atoms with Crippen molar-refractivity contribution >= 4 is 17.6 Å². The number of hydrogen-bond acceptors (Lipinski definition) is 5. The summed E-state index contributed by atoms with van der Waals surface area (Å²) in [6, 6.07) is 1.56. The van der Waals surface area contributed by atoms with Crippen LogP contribution in [-0.2, 0) is 9.53 Å². The number of carboxylic acid groups (broad SMARTS) is 1. The number of aliphatic carboxylic acids is 1. The lowest BCUT2D eigenvalue weighted by Crippen LogP contribution is -2.42. The molecule has 1 amide bonds. The predicted molar refractivity (Wildman–Crippen MR) is 91.8 cm³/mol. The fraction of sp³-hybridized carbons (Fsp3) is 0.529. The van der Waals surface area contributed by atoms with Crippen molar-refractivity contribution in [2.45, 2.75) is 52.7 Å². The van der Waals surface area contributed by atoms with Gasteiger partial charge in [0.1, 0.15) is 6.04 Å². The molecule has 1 atom stereocenters. The van der Waals surface area contributed by atoms with Gasteiger partial charge in [-0.15, -0.1) is 0 Å². The van der Waals surface area contributed by atoms with Gasteiger partial charge in [0.15, 0.2) is 0 Å². The highest BCUT2D eigenvalue weighted by Gasteiger charge is 2.24. The average Bonchev–Trinajstić information content (AvgIpc) is 2.44. The van der Waals surface area contributed by atoms with Crippen LogP contribution in [0.25, 0.3) is 0 Å². The first kappa shape index (κ1) is 20.6. The molecular weight excluding hydrogens is 328 g/mol. The topological polar surface area (TPSA) is 119 Å². The lowest BCUT2D eigenvalue weighted by atomic mass is 10.0. The summed E-state index contributed by atoms with van der Waals surface area (Å²) in [7, 11) is 0. The molecular formula is C17H24N2O6. The molecule has 0 bridgehead atoms. The summed E-state index contributed by atoms with van der Waals surface area (Å²) in [4.78, 5) is 34.2. The number of ether oxygens (including phenoxy) is 1. The number of carboxylic acids is 1. The number of nitrogens with zero attached hydrogens (tertiary/aromatic N) is 1. The van der Waals surface area contributed by atoms with E-state index in [2.05, 4.69) is 5.32 Å². The van der Waals surface area contributed by atoms with Gasteiger partial charge in [0, 0.05) is 30.2 Å². The molecule has 0 heterocycles. The minimum absolute atomic E-state index is 0.0836. The third kappa shape index (κ3) is 6.15. The average molecular weight is 352 g/mol. The van der Waals surface area contributed by atoms with E-state index in [-0.39, 0.29) is 24.3 Å². The maximum absolute atomic E-state index is 12.4. The lowest BCUT2D eigenvalue weighted by Gasteiger charge is -2.21. The van der Waals surface area contributed by atoms with Gasteiger partial charge in [-0.2, -0.15) is 0 Å². The van der Waals surface area contributed by atoms with Crippen molar-refractivity contribution in [2.75, 3.05) is 6.61 Å². The van der Waals surface area contributed by atoms with Gasteiger partial charge in [0.05, 0.1) is 10.5 Å². The maximum atomic E-state index is 12.4. The number of amides is 1. The molecule has 138 valence electrons. The summed E-state index contributed by atoms with van der Waals surface area (Å²) in [5.74, 6) is -1.85. The highest BCUT2D eigenvalue weighted by molar-refractivity contribution is 5.98. The lowest BCUT2D eigenvalue weighted by molar-refractivity contribution is -0.385. The SMILES string of the molecule is Cc1cc(C)c([N+](=O)[O-])cc1C(=O)NC(CCOC(C)(C)C)C(=O)O. The molecule has 0 fully saturated rings. The molecule has 1 rings (SSSR count). The standard InChI is InChI=1S/C17H24N2O6/c1-10-8-11(2)14(19(23)24)9-12(10)15(20)18-13(16(21)22)6-7-25-17(3,4)5/h8-9,13H,6-7H2,1-5H3,(H,18,20)(H,21,22). The van der Waals surface area contributed by atoms with Gasteiger partial charge in [-0.25, -0.2) is 4.79 Å². The minimum Gasteiger partial charge on any atom is -0.480 e. The van der Waals surface area contributed by atoms with Crippen molar-refractivity contribution in [3.63, 3.8) is 0 Å². The second-order valence-electron chi connectivity index (χ2n) is 6.82. The molecule has 0 aliphatic rings. The Morgan fingerprint density at radius 1 is 1.28 bits per heavy atom. The van der Waals surface area contributed by atoms with E-state index in [4.69, 9.17) is 4.74 Å². The highest BCUT2D eigenvalue weighted by Crippen LogP contribution is 2.22. The van der Waals surface area contributed by atoms with Gasteiger partial charge in [-0.05, 0) is 46.2 Å². The summed E-state index contributed by atoms with van der Waals surface area (Å²) in [6.07, 6.45) is 0.0886. The van der Waals surface area contributed by atoms with Gasteiger partial charge in [-0.1, -0.05) is 0 Å². The smallest absolute Gasteiger partial charge is 0.326 e. The number of nitro groups is 1. The number of aryl methyl sites for hydroxylation is 2. The molecule has 0 spiro atoms. The van der Waals surface area contributed by atoms with Crippen molar-refractivity contribution in [1.82, 2.24) is 5.32 Å². The van der Waals surface area contributed by atoms with Crippen LogP contribution in [0, 0.1) is 24.0 Å². The molecule has 25 heavy (non-hydrogen) atoms. The quantitative estimate of drug-likeness (QED) is 0.575. The van der Waals surface area contributed by atoms with Crippen molar-refractivity contribution in [3.8, 4) is 0 Å². The Balaban J connectivity index is 2.92. The number of nitro benzene ring substituents is 1. The van der Waals surface area contributed by atoms with Gasteiger partial charge in [-0.3, -0.25) is 14.9 Å². The molecule has 0 aliphatic carbocycles. The number of benzene rings is 1. The maximum Gasteiger partial charge on any atom is 0.326 e. The fourth-order valence-electron chi connectivity index (χ4n) is 2.26. The molecule has 1 aromatic rings. The van der Waals surface area contributed by atoms with E-state index in [0.717, 1.165) is 0 Å². The number of carbonyl (C=O) groups is 2. The first-order chi connectivity index (χ1) is 11.4. The number of carbonyl (C=O) groups excluding carboxylic acids is 1. The summed E-state index contributed by atoms with van der Waals surface area (Å²) in [5.41, 5.74) is 0.461. The van der Waals surface area contributed by atoms with Crippen LogP contribution in [0.4, 0.5) is 5.69 Å². The van der Waals surface area contributed by atoms with E-state index in [0.29, 0.717) is 11.1 Å². The van der Waals surface area contributed by atoms with Gasteiger partial charge >= 0.3 is 5.97 Å². The van der Waals surface area contributed by atoms with Gasteiger partial charge in [0.2, 0.25) is 0 Å². The van der Waals surface area contributed by atoms with Crippen molar-refractivity contribution in [1.29, 1.82) is 0 Å². The normalized spacial score (nSPS) is 12.5. The third-order valence-electron chi connectivity index (χ3n) is 3.53. The second kappa shape index (κ2) is 8.06. The highest BCUT2D eigenvalue weighted by atomic mass is 16.6. The number of rotatable bonds is 7. The van der Waals surface area contributed by atoms with Gasteiger partial charge in [0.25, 0.3) is 11.6 Å². The van der Waals surface area contributed by atoms with Crippen molar-refractivity contribution in [2.24, 2.45) is 0 Å². The summed E-state index contributed by atoms with van der Waals surface area (Å²) in [5, 5.41) is 22.7. The fourth-order valence-corrected chi connectivity index (χ4v) is 2.26. The molecule has 0 saturated carbocycles. The molecule has 0 aliphatic heterocycles. The van der Waals surface area contributed by atoms with E-state index in [1.807, 2.05) is 20.8 Å². The summed E-state index contributed by atoms with van der Waals surface area (Å²) < 4.78 is 5.48. The van der Waals surface area contributed by atoms with Crippen molar-refractivity contribution < 1.29 is 24.4 Å². The van der Waals surface area contributed by atoms with E-state index in [1.165, 1.54) is 12.1 Å². The zero-order valence-electron chi connectivity index (χ0n) is 15.1.